The Kier molecular flexibility index (Phi) is 24.0. The van der Waals surface area contributed by atoms with Crippen LogP contribution in [0.1, 0.15) is 79.6 Å². The van der Waals surface area contributed by atoms with Gasteiger partial charge in [-0.05, 0) is 63.7 Å². The number of guanidine groups is 2. The molecule has 0 aliphatic heterocycles. The number of aliphatic carboxylic acids is 1. The van der Waals surface area contributed by atoms with Gasteiger partial charge in [0.05, 0.1) is 6.04 Å². The van der Waals surface area contributed by atoms with Crippen LogP contribution in [0, 0.1) is 11.8 Å². The molecule has 0 bridgehead atoms. The number of carbonyl (C=O) groups is 7. The first-order valence-electron chi connectivity index (χ1n) is 18.2. The number of aliphatic imine (C=N–C) groups is 2. The van der Waals surface area contributed by atoms with Gasteiger partial charge in [-0.1, -0.05) is 27.7 Å². The monoisotopic (exact) mass is 785 g/mol. The second kappa shape index (κ2) is 26.5. The summed E-state index contributed by atoms with van der Waals surface area (Å²) in [5, 5.41) is 33.4. The Hall–Kier alpha value is -5.25. The molecule has 0 aromatic rings. The van der Waals surface area contributed by atoms with E-state index in [1.165, 1.54) is 6.92 Å². The van der Waals surface area contributed by atoms with Gasteiger partial charge >= 0.3 is 5.97 Å². The molecule has 0 aromatic heterocycles. The number of rotatable bonds is 27. The highest BCUT2D eigenvalue weighted by atomic mass is 16.4. The Balaban J connectivity index is 6.05. The molecule has 0 aromatic carbocycles. The van der Waals surface area contributed by atoms with Gasteiger partial charge in [-0.3, -0.25) is 43.5 Å². The van der Waals surface area contributed by atoms with Gasteiger partial charge in [-0.2, -0.15) is 0 Å². The highest BCUT2D eigenvalue weighted by Gasteiger charge is 2.32. The number of nitrogens with zero attached hydrogens (tertiary/aromatic N) is 2. The molecular weight excluding hydrogens is 722 g/mol. The summed E-state index contributed by atoms with van der Waals surface area (Å²) >= 11 is 0. The molecule has 0 radical (unpaired) electrons. The van der Waals surface area contributed by atoms with E-state index in [1.807, 2.05) is 13.8 Å². The van der Waals surface area contributed by atoms with Crippen LogP contribution < -0.4 is 60.6 Å². The molecule has 0 aliphatic rings. The summed E-state index contributed by atoms with van der Waals surface area (Å²) in [6.07, 6.45) is 0.815. The standard InChI is InChI=1S/C33H63N13O9/c1-17(2)14-20(34)27(51)44-22(9-7-12-40-33(37)38)30(54)45-21(8-6-11-39-32(35)36)29(53)42-19(5)26(50)43-23(10-13-47)31(55)46-24(15-18(3)4)28(52)41-16-25(48)49/h17-24,47H,6-16,34H2,1-5H3,(H,41,52)(H,42,53)(H,43,50)(H,44,51)(H,45,54)(H,46,55)(H,48,49)(H4,35,36,39)(H4,37,38,40)/t19-,20-,21-,22-,23-,24-/m0/s1. The predicted molar refractivity (Wildman–Crippen MR) is 204 cm³/mol. The zero-order valence-electron chi connectivity index (χ0n) is 32.4. The Morgan fingerprint density at radius 2 is 0.982 bits per heavy atom. The zero-order chi connectivity index (χ0) is 42.2. The number of hydrogen-bond donors (Lipinski definition) is 13. The van der Waals surface area contributed by atoms with Gasteiger partial charge in [-0.25, -0.2) is 0 Å². The van der Waals surface area contributed by atoms with Crippen molar-refractivity contribution in [3.8, 4) is 0 Å². The van der Waals surface area contributed by atoms with Crippen molar-refractivity contribution in [1.29, 1.82) is 0 Å². The SMILES string of the molecule is CC(C)C[C@H](NC(=O)[C@H](CCO)NC(=O)[C@H](C)NC(=O)[C@H](CCCN=C(N)N)NC(=O)[C@H](CCCN=C(N)N)NC(=O)[C@@H](N)CC(C)C)C(=O)NCC(=O)O. The number of carbonyl (C=O) groups excluding carboxylic acids is 6. The second-order valence-corrected chi connectivity index (χ2v) is 13.9. The number of carboxylic acids is 1. The quantitative estimate of drug-likeness (QED) is 0.0212. The van der Waals surface area contributed by atoms with Crippen molar-refractivity contribution in [3.63, 3.8) is 0 Å². The van der Waals surface area contributed by atoms with E-state index in [0.29, 0.717) is 6.42 Å². The summed E-state index contributed by atoms with van der Waals surface area (Å²) in [6.45, 7) is 7.71. The fraction of sp³-hybridized carbons (Fsp3) is 0.727. The van der Waals surface area contributed by atoms with Crippen LogP contribution in [0.15, 0.2) is 9.98 Å². The Morgan fingerprint density at radius 3 is 1.42 bits per heavy atom. The Morgan fingerprint density at radius 1 is 0.564 bits per heavy atom. The van der Waals surface area contributed by atoms with Gasteiger partial charge in [0.15, 0.2) is 11.9 Å². The maximum atomic E-state index is 13.6. The highest BCUT2D eigenvalue weighted by molar-refractivity contribution is 5.96. The largest absolute Gasteiger partial charge is 0.480 e. The number of nitrogens with two attached hydrogens (primary N) is 5. The summed E-state index contributed by atoms with van der Waals surface area (Å²) in [4.78, 5) is 97.8. The minimum absolute atomic E-state index is 0.000940. The third kappa shape index (κ3) is 22.5. The van der Waals surface area contributed by atoms with E-state index in [9.17, 15) is 38.7 Å². The van der Waals surface area contributed by atoms with E-state index in [1.54, 1.807) is 13.8 Å². The van der Waals surface area contributed by atoms with Gasteiger partial charge in [0.2, 0.25) is 35.4 Å². The third-order valence-corrected chi connectivity index (χ3v) is 7.78. The first kappa shape index (κ1) is 49.8. The van der Waals surface area contributed by atoms with Crippen molar-refractivity contribution in [1.82, 2.24) is 31.9 Å². The maximum absolute atomic E-state index is 13.6. The fourth-order valence-corrected chi connectivity index (χ4v) is 5.05. The lowest BCUT2D eigenvalue weighted by atomic mass is 10.0. The molecule has 0 aliphatic carbocycles. The van der Waals surface area contributed by atoms with Crippen molar-refractivity contribution in [2.45, 2.75) is 116 Å². The normalized spacial score (nSPS) is 14.2. The van der Waals surface area contributed by atoms with Crippen molar-refractivity contribution in [2.24, 2.45) is 50.5 Å². The topological polar surface area (TPSA) is 387 Å². The minimum Gasteiger partial charge on any atom is -0.480 e. The summed E-state index contributed by atoms with van der Waals surface area (Å²) in [5.41, 5.74) is 27.6. The molecule has 18 N–H and O–H groups in total. The van der Waals surface area contributed by atoms with Gasteiger partial charge in [0.1, 0.15) is 36.8 Å². The van der Waals surface area contributed by atoms with Crippen LogP contribution in [-0.4, -0.2) is 126 Å². The summed E-state index contributed by atoms with van der Waals surface area (Å²) in [6, 6.07) is -7.07. The Bertz CT molecular complexity index is 1340. The van der Waals surface area contributed by atoms with E-state index in [2.05, 4.69) is 41.9 Å². The molecule has 0 rings (SSSR count). The average molecular weight is 786 g/mol. The van der Waals surface area contributed by atoms with Crippen LogP contribution in [0.3, 0.4) is 0 Å². The van der Waals surface area contributed by atoms with Crippen LogP contribution in [0.4, 0.5) is 0 Å². The van der Waals surface area contributed by atoms with Crippen molar-refractivity contribution in [3.05, 3.63) is 0 Å². The number of nitrogens with one attached hydrogen (secondary N) is 6. The molecule has 22 heteroatoms. The molecule has 55 heavy (non-hydrogen) atoms. The second-order valence-electron chi connectivity index (χ2n) is 13.9. The molecule has 0 unspecified atom stereocenters. The number of hydrogen-bond acceptors (Lipinski definition) is 11. The summed E-state index contributed by atoms with van der Waals surface area (Å²) < 4.78 is 0. The first-order valence-corrected chi connectivity index (χ1v) is 18.2. The lowest BCUT2D eigenvalue weighted by molar-refractivity contribution is -0.138. The van der Waals surface area contributed by atoms with E-state index < -0.39 is 90.8 Å². The number of aliphatic hydroxyl groups excluding tert-OH is 1. The first-order chi connectivity index (χ1) is 25.7. The van der Waals surface area contributed by atoms with E-state index in [0.717, 1.165) is 0 Å². The zero-order valence-corrected chi connectivity index (χ0v) is 32.4. The van der Waals surface area contributed by atoms with E-state index in [4.69, 9.17) is 33.8 Å². The summed E-state index contributed by atoms with van der Waals surface area (Å²) in [7, 11) is 0. The van der Waals surface area contributed by atoms with Crippen LogP contribution >= 0.6 is 0 Å². The lowest BCUT2D eigenvalue weighted by Crippen LogP contribution is -2.59. The molecule has 6 atom stereocenters. The van der Waals surface area contributed by atoms with Crippen molar-refractivity contribution < 1.29 is 43.8 Å². The fourth-order valence-electron chi connectivity index (χ4n) is 5.05. The van der Waals surface area contributed by atoms with Gasteiger partial charge in [0.25, 0.3) is 0 Å². The van der Waals surface area contributed by atoms with Crippen molar-refractivity contribution in [2.75, 3.05) is 26.2 Å². The van der Waals surface area contributed by atoms with Gasteiger partial charge in [-0.15, -0.1) is 0 Å². The van der Waals surface area contributed by atoms with Crippen LogP contribution in [0.2, 0.25) is 0 Å². The molecule has 0 saturated heterocycles. The summed E-state index contributed by atoms with van der Waals surface area (Å²) in [5.74, 6) is -6.13. The number of amides is 6. The number of aliphatic hydroxyl groups is 1. The molecule has 0 saturated carbocycles. The van der Waals surface area contributed by atoms with Gasteiger partial charge < -0.3 is 70.8 Å². The van der Waals surface area contributed by atoms with Crippen LogP contribution in [0.5, 0.6) is 0 Å². The molecule has 0 heterocycles. The number of carboxylic acid groups (broad SMARTS) is 1. The Labute approximate surface area is 321 Å². The predicted octanol–water partition coefficient (Wildman–Crippen LogP) is -4.46. The maximum Gasteiger partial charge on any atom is 0.322 e. The smallest absolute Gasteiger partial charge is 0.322 e. The molecule has 0 fully saturated rings. The average Bonchev–Trinajstić information content (AvgIpc) is 3.07. The van der Waals surface area contributed by atoms with Crippen LogP contribution in [-0.2, 0) is 33.6 Å². The molecule has 6 amide bonds. The van der Waals surface area contributed by atoms with E-state index in [-0.39, 0.29) is 75.4 Å². The highest BCUT2D eigenvalue weighted by Crippen LogP contribution is 2.09. The molecule has 0 spiro atoms. The third-order valence-electron chi connectivity index (χ3n) is 7.78. The van der Waals surface area contributed by atoms with E-state index >= 15 is 0 Å². The molecule has 22 nitrogen and oxygen atoms in total. The van der Waals surface area contributed by atoms with Gasteiger partial charge in [0, 0.05) is 19.7 Å². The lowest BCUT2D eigenvalue weighted by Gasteiger charge is -2.26. The molecular formula is C33H63N13O9. The minimum atomic E-state index is -1.35. The molecule has 314 valence electrons. The van der Waals surface area contributed by atoms with Crippen LogP contribution in [0.25, 0.3) is 0 Å². The van der Waals surface area contributed by atoms with Crippen molar-refractivity contribution >= 4 is 53.3 Å².